The number of rotatable bonds is 4. The van der Waals surface area contributed by atoms with Gasteiger partial charge in [-0.3, -0.25) is 4.79 Å². The van der Waals surface area contributed by atoms with Crippen molar-refractivity contribution in [3.63, 3.8) is 0 Å². The Kier molecular flexibility index (Phi) is 4.03. The smallest absolute Gasteiger partial charge is 0.356 e. The number of ether oxygens (including phenoxy) is 2. The van der Waals surface area contributed by atoms with Crippen LogP contribution in [0.25, 0.3) is 0 Å². The number of anilines is 1. The second-order valence-corrected chi connectivity index (χ2v) is 4.08. The molecule has 1 heterocycles. The van der Waals surface area contributed by atoms with Crippen LogP contribution >= 0.6 is 0 Å². The molecule has 0 radical (unpaired) electrons. The van der Waals surface area contributed by atoms with Crippen molar-refractivity contribution in [3.05, 3.63) is 47.7 Å². The summed E-state index contributed by atoms with van der Waals surface area (Å²) in [7, 11) is 1.25. The van der Waals surface area contributed by atoms with Crippen molar-refractivity contribution in [1.29, 1.82) is 0 Å². The molecule has 2 aromatic rings. The van der Waals surface area contributed by atoms with Crippen LogP contribution in [0.4, 0.5) is 5.69 Å². The molecule has 0 bridgehead atoms. The minimum absolute atomic E-state index is 0.0412. The van der Waals surface area contributed by atoms with Gasteiger partial charge in [0, 0.05) is 5.56 Å². The lowest BCUT2D eigenvalue weighted by Gasteiger charge is -2.09. The zero-order valence-electron chi connectivity index (χ0n) is 11.2. The van der Waals surface area contributed by atoms with Gasteiger partial charge < -0.3 is 20.9 Å². The van der Waals surface area contributed by atoms with Gasteiger partial charge >= 0.3 is 5.97 Å². The number of hydrogen-bond acceptors (Lipinski definition) is 6. The lowest BCUT2D eigenvalue weighted by molar-refractivity contribution is 0.0593. The van der Waals surface area contributed by atoms with E-state index >= 15 is 0 Å². The second kappa shape index (κ2) is 5.91. The molecule has 4 N–H and O–H groups in total. The van der Waals surface area contributed by atoms with E-state index in [9.17, 15) is 9.59 Å². The third kappa shape index (κ3) is 3.27. The lowest BCUT2D eigenvalue weighted by atomic mass is 10.2. The number of nitrogens with zero attached hydrogens (tertiary/aromatic N) is 1. The van der Waals surface area contributed by atoms with E-state index in [1.807, 2.05) is 0 Å². The van der Waals surface area contributed by atoms with Crippen LogP contribution in [-0.2, 0) is 4.74 Å². The summed E-state index contributed by atoms with van der Waals surface area (Å²) in [6.45, 7) is 0. The van der Waals surface area contributed by atoms with Gasteiger partial charge in [-0.1, -0.05) is 6.07 Å². The molecule has 108 valence electrons. The summed E-state index contributed by atoms with van der Waals surface area (Å²) in [6.07, 6.45) is 0. The third-order valence-electron chi connectivity index (χ3n) is 2.62. The molecule has 1 amide bonds. The number of nitrogens with two attached hydrogens (primary N) is 2. The van der Waals surface area contributed by atoms with Crippen LogP contribution in [0.1, 0.15) is 20.8 Å². The second-order valence-electron chi connectivity index (χ2n) is 4.08. The Labute approximate surface area is 120 Å². The first-order valence-electron chi connectivity index (χ1n) is 5.94. The highest BCUT2D eigenvalue weighted by molar-refractivity contribution is 5.93. The minimum Gasteiger partial charge on any atom is -0.464 e. The Hall–Kier alpha value is -3.09. The molecular weight excluding hydrogens is 274 g/mol. The maximum atomic E-state index is 11.4. The number of methoxy groups -OCH3 is 1. The van der Waals surface area contributed by atoms with E-state index in [0.717, 1.165) is 0 Å². The molecule has 0 saturated carbocycles. The summed E-state index contributed by atoms with van der Waals surface area (Å²) in [5, 5.41) is 0. The van der Waals surface area contributed by atoms with E-state index in [0.29, 0.717) is 5.75 Å². The van der Waals surface area contributed by atoms with E-state index in [1.165, 1.54) is 25.3 Å². The Morgan fingerprint density at radius 3 is 2.62 bits per heavy atom. The molecule has 2 rings (SSSR count). The number of carbonyl (C=O) groups excluding carboxylic acids is 2. The lowest BCUT2D eigenvalue weighted by Crippen LogP contribution is -2.10. The number of esters is 1. The van der Waals surface area contributed by atoms with Gasteiger partial charge in [-0.15, -0.1) is 0 Å². The van der Waals surface area contributed by atoms with Gasteiger partial charge in [-0.2, -0.15) is 0 Å². The molecule has 1 aromatic carbocycles. The highest BCUT2D eigenvalue weighted by Crippen LogP contribution is 2.26. The molecule has 0 fully saturated rings. The molecule has 0 aliphatic carbocycles. The molecule has 7 nitrogen and oxygen atoms in total. The number of nitrogen functional groups attached to an aromatic ring is 1. The fraction of sp³-hybridized carbons (Fsp3) is 0.0714. The SMILES string of the molecule is COC(=O)c1ccc(N)c(Oc2cccc(C(N)=O)c2)n1. The first kappa shape index (κ1) is 14.3. The fourth-order valence-corrected chi connectivity index (χ4v) is 1.58. The number of benzene rings is 1. The molecular formula is C14H13N3O4. The fourth-order valence-electron chi connectivity index (χ4n) is 1.58. The van der Waals surface area contributed by atoms with Gasteiger partial charge in [0.25, 0.3) is 0 Å². The molecule has 0 unspecified atom stereocenters. The number of amides is 1. The number of primary amides is 1. The van der Waals surface area contributed by atoms with Gasteiger partial charge in [0.05, 0.1) is 12.8 Å². The van der Waals surface area contributed by atoms with Crippen LogP contribution in [0.2, 0.25) is 0 Å². The average molecular weight is 287 g/mol. The van der Waals surface area contributed by atoms with Gasteiger partial charge in [0.1, 0.15) is 5.75 Å². The zero-order valence-corrected chi connectivity index (χ0v) is 11.2. The predicted molar refractivity (Wildman–Crippen MR) is 75.0 cm³/mol. The van der Waals surface area contributed by atoms with Gasteiger partial charge in [-0.05, 0) is 30.3 Å². The summed E-state index contributed by atoms with van der Waals surface area (Å²) in [5.41, 5.74) is 11.5. The van der Waals surface area contributed by atoms with Gasteiger partial charge in [-0.25, -0.2) is 9.78 Å². The predicted octanol–water partition coefficient (Wildman–Crippen LogP) is 1.34. The normalized spacial score (nSPS) is 9.95. The van der Waals surface area contributed by atoms with Crippen molar-refractivity contribution in [1.82, 2.24) is 4.98 Å². The first-order chi connectivity index (χ1) is 10.0. The standard InChI is InChI=1S/C14H13N3O4/c1-20-14(19)11-6-5-10(15)13(17-11)21-9-4-2-3-8(7-9)12(16)18/h2-7H,15H2,1H3,(H2,16,18). The molecule has 0 spiro atoms. The highest BCUT2D eigenvalue weighted by atomic mass is 16.5. The van der Waals surface area contributed by atoms with E-state index < -0.39 is 11.9 Å². The van der Waals surface area contributed by atoms with Crippen molar-refractivity contribution in [2.75, 3.05) is 12.8 Å². The molecule has 0 atom stereocenters. The Bertz CT molecular complexity index is 700. The Morgan fingerprint density at radius 2 is 1.95 bits per heavy atom. The van der Waals surface area contributed by atoms with E-state index in [4.69, 9.17) is 16.2 Å². The summed E-state index contributed by atoms with van der Waals surface area (Å²) in [4.78, 5) is 26.5. The average Bonchev–Trinajstić information content (AvgIpc) is 2.49. The minimum atomic E-state index is -0.606. The van der Waals surface area contributed by atoms with E-state index in [1.54, 1.807) is 18.2 Å². The van der Waals surface area contributed by atoms with Gasteiger partial charge in [0.15, 0.2) is 5.69 Å². The number of pyridine rings is 1. The van der Waals surface area contributed by atoms with Crippen LogP contribution in [0.5, 0.6) is 11.6 Å². The van der Waals surface area contributed by atoms with E-state index in [2.05, 4.69) is 9.72 Å². The van der Waals surface area contributed by atoms with E-state index in [-0.39, 0.29) is 22.8 Å². The van der Waals surface area contributed by atoms with Crippen molar-refractivity contribution < 1.29 is 19.1 Å². The van der Waals surface area contributed by atoms with Crippen molar-refractivity contribution in [2.24, 2.45) is 5.73 Å². The third-order valence-corrected chi connectivity index (χ3v) is 2.62. The van der Waals surface area contributed by atoms with Crippen LogP contribution in [0, 0.1) is 0 Å². The number of hydrogen-bond donors (Lipinski definition) is 2. The quantitative estimate of drug-likeness (QED) is 0.819. The van der Waals surface area contributed by atoms with Crippen molar-refractivity contribution in [2.45, 2.75) is 0 Å². The molecule has 0 aliphatic rings. The Morgan fingerprint density at radius 1 is 1.19 bits per heavy atom. The maximum Gasteiger partial charge on any atom is 0.356 e. The first-order valence-corrected chi connectivity index (χ1v) is 5.94. The summed E-state index contributed by atoms with van der Waals surface area (Å²) in [5.74, 6) is -0.817. The highest BCUT2D eigenvalue weighted by Gasteiger charge is 2.12. The zero-order chi connectivity index (χ0) is 15.4. The molecule has 7 heteroatoms. The Balaban J connectivity index is 2.32. The summed E-state index contributed by atoms with van der Waals surface area (Å²) in [6, 6.07) is 9.12. The van der Waals surface area contributed by atoms with Gasteiger partial charge in [0.2, 0.25) is 11.8 Å². The molecule has 0 saturated heterocycles. The van der Waals surface area contributed by atoms with Crippen LogP contribution in [-0.4, -0.2) is 24.0 Å². The monoisotopic (exact) mass is 287 g/mol. The molecule has 0 aliphatic heterocycles. The van der Waals surface area contributed by atoms with Crippen LogP contribution in [0.15, 0.2) is 36.4 Å². The summed E-state index contributed by atoms with van der Waals surface area (Å²) < 4.78 is 10.1. The summed E-state index contributed by atoms with van der Waals surface area (Å²) >= 11 is 0. The maximum absolute atomic E-state index is 11.4. The van der Waals surface area contributed by atoms with Crippen LogP contribution in [0.3, 0.4) is 0 Å². The number of carbonyl (C=O) groups is 2. The molecule has 1 aromatic heterocycles. The van der Waals surface area contributed by atoms with Crippen molar-refractivity contribution >= 4 is 17.6 Å². The topological polar surface area (TPSA) is 118 Å². The molecule has 21 heavy (non-hydrogen) atoms. The van der Waals surface area contributed by atoms with Crippen molar-refractivity contribution in [3.8, 4) is 11.6 Å². The van der Waals surface area contributed by atoms with Crippen LogP contribution < -0.4 is 16.2 Å². The number of aromatic nitrogens is 1. The largest absolute Gasteiger partial charge is 0.464 e.